The zero-order valence-electron chi connectivity index (χ0n) is 14.1. The summed E-state index contributed by atoms with van der Waals surface area (Å²) in [4.78, 5) is 12.1. The summed E-state index contributed by atoms with van der Waals surface area (Å²) in [7, 11) is 0. The molecule has 0 aromatic heterocycles. The Kier molecular flexibility index (Phi) is 5.16. The van der Waals surface area contributed by atoms with Crippen LogP contribution in [0.2, 0.25) is 0 Å². The zero-order valence-corrected chi connectivity index (χ0v) is 14.1. The molecule has 0 radical (unpaired) electrons. The average molecular weight is 334 g/mol. The molecule has 0 aliphatic carbocycles. The van der Waals surface area contributed by atoms with Crippen LogP contribution in [0.25, 0.3) is 0 Å². The van der Waals surface area contributed by atoms with Crippen LogP contribution in [0, 0.1) is 0 Å². The number of aryl methyl sites for hydroxylation is 1. The number of hydrogen-bond donors (Lipinski definition) is 0. The lowest BCUT2D eigenvalue weighted by molar-refractivity contribution is -0.137. The van der Waals surface area contributed by atoms with Gasteiger partial charge in [0.25, 0.3) is 0 Å². The second kappa shape index (κ2) is 6.80. The smallest absolute Gasteiger partial charge is 0.294 e. The molecule has 4 heteroatoms. The monoisotopic (exact) mass is 334 g/mol. The molecule has 0 aliphatic rings. The highest BCUT2D eigenvalue weighted by Crippen LogP contribution is 2.29. The second-order valence-corrected chi connectivity index (χ2v) is 6.95. The van der Waals surface area contributed by atoms with Crippen molar-refractivity contribution in [2.24, 2.45) is 0 Å². The van der Waals surface area contributed by atoms with Crippen molar-refractivity contribution in [2.45, 2.75) is 45.2 Å². The number of carbonyl (C=O) groups excluding carboxylic acids is 1. The molecule has 2 aromatic rings. The van der Waals surface area contributed by atoms with Gasteiger partial charge in [0, 0.05) is 12.0 Å². The third-order valence-electron chi connectivity index (χ3n) is 3.99. The van der Waals surface area contributed by atoms with Crippen molar-refractivity contribution in [1.29, 1.82) is 0 Å². The SMILES string of the molecule is CC(C)(C)c1ccc(CCC(=O)c2ccc(C(F)(F)F)cc2)cc1. The fourth-order valence-electron chi connectivity index (χ4n) is 2.42. The summed E-state index contributed by atoms with van der Waals surface area (Å²) < 4.78 is 37.6. The Morgan fingerprint density at radius 2 is 1.33 bits per heavy atom. The van der Waals surface area contributed by atoms with E-state index in [0.29, 0.717) is 12.0 Å². The van der Waals surface area contributed by atoms with E-state index < -0.39 is 11.7 Å². The van der Waals surface area contributed by atoms with Crippen molar-refractivity contribution >= 4 is 5.78 Å². The van der Waals surface area contributed by atoms with Crippen LogP contribution in [0.3, 0.4) is 0 Å². The number of halogens is 3. The predicted octanol–water partition coefficient (Wildman–Crippen LogP) is 5.82. The van der Waals surface area contributed by atoms with Crippen LogP contribution < -0.4 is 0 Å². The molecule has 24 heavy (non-hydrogen) atoms. The van der Waals surface area contributed by atoms with Gasteiger partial charge in [-0.25, -0.2) is 0 Å². The zero-order chi connectivity index (χ0) is 18.0. The topological polar surface area (TPSA) is 17.1 Å². The maximum atomic E-state index is 12.5. The molecule has 0 bridgehead atoms. The van der Waals surface area contributed by atoms with Crippen molar-refractivity contribution in [3.63, 3.8) is 0 Å². The molecule has 0 saturated carbocycles. The summed E-state index contributed by atoms with van der Waals surface area (Å²) in [6.45, 7) is 6.41. The summed E-state index contributed by atoms with van der Waals surface area (Å²) in [5.41, 5.74) is 1.92. The summed E-state index contributed by atoms with van der Waals surface area (Å²) >= 11 is 0. The Labute approximate surface area is 140 Å². The minimum Gasteiger partial charge on any atom is -0.294 e. The standard InChI is InChI=1S/C20H21F3O/c1-19(2,3)16-9-4-14(5-10-16)6-13-18(24)15-7-11-17(12-8-15)20(21,22)23/h4-5,7-12H,6,13H2,1-3H3. The normalized spacial score (nSPS) is 12.2. The molecule has 0 atom stereocenters. The molecule has 0 N–H and O–H groups in total. The van der Waals surface area contributed by atoms with E-state index in [0.717, 1.165) is 17.7 Å². The summed E-state index contributed by atoms with van der Waals surface area (Å²) in [5, 5.41) is 0. The van der Waals surface area contributed by atoms with Gasteiger partial charge in [-0.05, 0) is 35.1 Å². The number of hydrogen-bond acceptors (Lipinski definition) is 1. The molecule has 2 rings (SSSR count). The van der Waals surface area contributed by atoms with E-state index in [2.05, 4.69) is 32.9 Å². The third-order valence-corrected chi connectivity index (χ3v) is 3.99. The fourth-order valence-corrected chi connectivity index (χ4v) is 2.42. The van der Waals surface area contributed by atoms with E-state index >= 15 is 0 Å². The first-order valence-electron chi connectivity index (χ1n) is 7.87. The molecule has 0 heterocycles. The summed E-state index contributed by atoms with van der Waals surface area (Å²) in [6, 6.07) is 12.5. The molecular formula is C20H21F3O. The van der Waals surface area contributed by atoms with Gasteiger partial charge in [-0.1, -0.05) is 57.2 Å². The number of rotatable bonds is 4. The number of Topliss-reactive ketones (excluding diaryl/α,β-unsaturated/α-hetero) is 1. The molecule has 0 saturated heterocycles. The first-order valence-corrected chi connectivity index (χ1v) is 7.87. The van der Waals surface area contributed by atoms with Crippen LogP contribution in [0.5, 0.6) is 0 Å². The van der Waals surface area contributed by atoms with Gasteiger partial charge in [-0.3, -0.25) is 4.79 Å². The van der Waals surface area contributed by atoms with Gasteiger partial charge >= 0.3 is 6.18 Å². The number of alkyl halides is 3. The van der Waals surface area contributed by atoms with Crippen LogP contribution in [0.15, 0.2) is 48.5 Å². The maximum absolute atomic E-state index is 12.5. The molecular weight excluding hydrogens is 313 g/mol. The number of carbonyl (C=O) groups is 1. The minimum atomic E-state index is -4.38. The Hall–Kier alpha value is -2.10. The van der Waals surface area contributed by atoms with Crippen LogP contribution in [-0.4, -0.2) is 5.78 Å². The fraction of sp³-hybridized carbons (Fsp3) is 0.350. The third kappa shape index (κ3) is 4.70. The predicted molar refractivity (Wildman–Crippen MR) is 89.2 cm³/mol. The maximum Gasteiger partial charge on any atom is 0.416 e. The Bertz CT molecular complexity index is 690. The van der Waals surface area contributed by atoms with Crippen molar-refractivity contribution < 1.29 is 18.0 Å². The van der Waals surface area contributed by atoms with Gasteiger partial charge in [0.2, 0.25) is 0 Å². The van der Waals surface area contributed by atoms with Gasteiger partial charge in [-0.2, -0.15) is 13.2 Å². The van der Waals surface area contributed by atoms with E-state index in [4.69, 9.17) is 0 Å². The summed E-state index contributed by atoms with van der Waals surface area (Å²) in [5.74, 6) is -0.149. The van der Waals surface area contributed by atoms with Crippen LogP contribution in [0.4, 0.5) is 13.2 Å². The van der Waals surface area contributed by atoms with Crippen molar-refractivity contribution in [3.8, 4) is 0 Å². The first-order chi connectivity index (χ1) is 11.1. The molecule has 2 aromatic carbocycles. The van der Waals surface area contributed by atoms with Crippen LogP contribution >= 0.6 is 0 Å². The highest BCUT2D eigenvalue weighted by Gasteiger charge is 2.30. The molecule has 0 spiro atoms. The van der Waals surface area contributed by atoms with Crippen molar-refractivity contribution in [1.82, 2.24) is 0 Å². The lowest BCUT2D eigenvalue weighted by Crippen LogP contribution is -2.10. The average Bonchev–Trinajstić information content (AvgIpc) is 2.51. The quantitative estimate of drug-likeness (QED) is 0.644. The number of benzene rings is 2. The summed E-state index contributed by atoms with van der Waals surface area (Å²) in [6.07, 6.45) is -3.53. The molecule has 128 valence electrons. The van der Waals surface area contributed by atoms with E-state index in [1.54, 1.807) is 0 Å². The Balaban J connectivity index is 1.98. The van der Waals surface area contributed by atoms with E-state index in [1.165, 1.54) is 17.7 Å². The van der Waals surface area contributed by atoms with Gasteiger partial charge in [-0.15, -0.1) is 0 Å². The van der Waals surface area contributed by atoms with Crippen molar-refractivity contribution in [3.05, 3.63) is 70.8 Å². The lowest BCUT2D eigenvalue weighted by atomic mass is 9.86. The highest BCUT2D eigenvalue weighted by molar-refractivity contribution is 5.96. The van der Waals surface area contributed by atoms with Gasteiger partial charge in [0.15, 0.2) is 5.78 Å². The minimum absolute atomic E-state index is 0.0780. The van der Waals surface area contributed by atoms with E-state index in [-0.39, 0.29) is 17.6 Å². The molecule has 0 amide bonds. The largest absolute Gasteiger partial charge is 0.416 e. The molecule has 1 nitrogen and oxygen atoms in total. The molecule has 0 aliphatic heterocycles. The molecule has 0 unspecified atom stereocenters. The van der Waals surface area contributed by atoms with Gasteiger partial charge in [0.1, 0.15) is 0 Å². The molecule has 0 fully saturated rings. The second-order valence-electron chi connectivity index (χ2n) is 6.95. The Morgan fingerprint density at radius 3 is 1.79 bits per heavy atom. The number of ketones is 1. The van der Waals surface area contributed by atoms with Gasteiger partial charge in [0.05, 0.1) is 5.56 Å². The van der Waals surface area contributed by atoms with E-state index in [9.17, 15) is 18.0 Å². The first kappa shape index (κ1) is 18.2. The van der Waals surface area contributed by atoms with Crippen LogP contribution in [0.1, 0.15) is 54.2 Å². The van der Waals surface area contributed by atoms with Gasteiger partial charge < -0.3 is 0 Å². The van der Waals surface area contributed by atoms with E-state index in [1.807, 2.05) is 12.1 Å². The van der Waals surface area contributed by atoms with Crippen LogP contribution in [-0.2, 0) is 18.0 Å². The highest BCUT2D eigenvalue weighted by atomic mass is 19.4. The Morgan fingerprint density at radius 1 is 0.833 bits per heavy atom. The van der Waals surface area contributed by atoms with Crippen molar-refractivity contribution in [2.75, 3.05) is 0 Å². The lowest BCUT2D eigenvalue weighted by Gasteiger charge is -2.19.